The minimum Gasteiger partial charge on any atom is -0.494 e. The maximum Gasteiger partial charge on any atom is 0.496 e. The third-order valence-corrected chi connectivity index (χ3v) is 4.33. The summed E-state index contributed by atoms with van der Waals surface area (Å²) < 4.78 is 17.7. The lowest BCUT2D eigenvalue weighted by atomic mass is 9.78. The molecule has 5 heteroatoms. The van der Waals surface area contributed by atoms with Crippen molar-refractivity contribution in [3.63, 3.8) is 0 Å². The molecule has 2 rings (SSSR count). The summed E-state index contributed by atoms with van der Waals surface area (Å²) in [6, 6.07) is 5.70. The maximum absolute atomic E-state index is 6.14. The van der Waals surface area contributed by atoms with Crippen LogP contribution in [0.15, 0.2) is 18.2 Å². The van der Waals surface area contributed by atoms with Gasteiger partial charge in [0.05, 0.1) is 17.8 Å². The molecule has 1 aliphatic heterocycles. The third kappa shape index (κ3) is 3.35. The molecule has 21 heavy (non-hydrogen) atoms. The Kier molecular flexibility index (Phi) is 4.54. The summed E-state index contributed by atoms with van der Waals surface area (Å²) in [6.45, 7) is 11.0. The summed E-state index contributed by atoms with van der Waals surface area (Å²) in [4.78, 5) is 0. The molecule has 0 spiro atoms. The van der Waals surface area contributed by atoms with Crippen LogP contribution < -0.4 is 15.9 Å². The molecule has 4 nitrogen and oxygen atoms in total. The number of rotatable bonds is 5. The SMILES string of the molecule is CCCCOc1ccc(B2OC(C)(C)C(C)(C)O2)c(N)c1. The van der Waals surface area contributed by atoms with Crippen LogP contribution >= 0.6 is 0 Å². The van der Waals surface area contributed by atoms with Crippen molar-refractivity contribution in [1.29, 1.82) is 0 Å². The first-order chi connectivity index (χ1) is 9.77. The van der Waals surface area contributed by atoms with E-state index in [0.717, 1.165) is 24.1 Å². The molecule has 1 fully saturated rings. The van der Waals surface area contributed by atoms with Crippen molar-refractivity contribution in [3.05, 3.63) is 18.2 Å². The summed E-state index contributed by atoms with van der Waals surface area (Å²) in [5.74, 6) is 0.793. The summed E-state index contributed by atoms with van der Waals surface area (Å²) in [5.41, 5.74) is 6.92. The summed E-state index contributed by atoms with van der Waals surface area (Å²) >= 11 is 0. The lowest BCUT2D eigenvalue weighted by Gasteiger charge is -2.32. The van der Waals surface area contributed by atoms with E-state index in [1.54, 1.807) is 0 Å². The fourth-order valence-corrected chi connectivity index (χ4v) is 2.16. The van der Waals surface area contributed by atoms with E-state index < -0.39 is 7.12 Å². The van der Waals surface area contributed by atoms with Crippen LogP contribution in [0.5, 0.6) is 5.75 Å². The van der Waals surface area contributed by atoms with Crippen LogP contribution in [-0.2, 0) is 9.31 Å². The van der Waals surface area contributed by atoms with Gasteiger partial charge in [0, 0.05) is 17.2 Å². The molecule has 0 bridgehead atoms. The number of nitrogen functional groups attached to an aromatic ring is 1. The molecule has 1 aromatic rings. The van der Waals surface area contributed by atoms with Gasteiger partial charge in [0.1, 0.15) is 5.75 Å². The van der Waals surface area contributed by atoms with E-state index in [2.05, 4.69) is 6.92 Å². The zero-order valence-electron chi connectivity index (χ0n) is 13.7. The molecule has 1 aliphatic rings. The van der Waals surface area contributed by atoms with Crippen LogP contribution in [0.3, 0.4) is 0 Å². The highest BCUT2D eigenvalue weighted by atomic mass is 16.7. The fourth-order valence-electron chi connectivity index (χ4n) is 2.16. The van der Waals surface area contributed by atoms with Crippen molar-refractivity contribution in [1.82, 2.24) is 0 Å². The highest BCUT2D eigenvalue weighted by Crippen LogP contribution is 2.37. The van der Waals surface area contributed by atoms with Crippen LogP contribution in [0.4, 0.5) is 5.69 Å². The Morgan fingerprint density at radius 3 is 2.29 bits per heavy atom. The quantitative estimate of drug-likeness (QED) is 0.515. The minimum atomic E-state index is -0.431. The molecule has 2 N–H and O–H groups in total. The number of nitrogens with two attached hydrogens (primary N) is 1. The number of anilines is 1. The standard InChI is InChI=1S/C16H26BNO3/c1-6-7-10-19-12-8-9-13(14(18)11-12)17-20-15(2,3)16(4,5)21-17/h8-9,11H,6-7,10,18H2,1-5H3. The molecular weight excluding hydrogens is 265 g/mol. The van der Waals surface area contributed by atoms with Gasteiger partial charge < -0.3 is 19.8 Å². The Hall–Kier alpha value is -1.20. The molecule has 1 aromatic carbocycles. The van der Waals surface area contributed by atoms with Crippen molar-refractivity contribution in [2.45, 2.75) is 58.7 Å². The number of unbranched alkanes of at least 4 members (excludes halogenated alkanes) is 1. The Bertz CT molecular complexity index is 486. The average molecular weight is 291 g/mol. The van der Waals surface area contributed by atoms with Crippen LogP contribution in [0.2, 0.25) is 0 Å². The summed E-state index contributed by atoms with van der Waals surface area (Å²) in [7, 11) is -0.431. The molecule has 0 amide bonds. The minimum absolute atomic E-state index is 0.361. The van der Waals surface area contributed by atoms with E-state index in [0.29, 0.717) is 12.3 Å². The van der Waals surface area contributed by atoms with E-state index in [-0.39, 0.29) is 11.2 Å². The van der Waals surface area contributed by atoms with E-state index in [1.807, 2.05) is 45.9 Å². The average Bonchev–Trinajstić information content (AvgIpc) is 2.58. The molecule has 116 valence electrons. The zero-order valence-corrected chi connectivity index (χ0v) is 13.7. The van der Waals surface area contributed by atoms with Crippen molar-refractivity contribution in [2.75, 3.05) is 12.3 Å². The molecule has 1 heterocycles. The summed E-state index contributed by atoms with van der Waals surface area (Å²) in [6.07, 6.45) is 2.15. The van der Waals surface area contributed by atoms with E-state index >= 15 is 0 Å². The highest BCUT2D eigenvalue weighted by Gasteiger charge is 2.52. The predicted octanol–water partition coefficient (Wildman–Crippen LogP) is 2.75. The molecule has 0 unspecified atom stereocenters. The van der Waals surface area contributed by atoms with E-state index in [1.165, 1.54) is 0 Å². The van der Waals surface area contributed by atoms with Gasteiger partial charge in [-0.05, 0) is 40.2 Å². The fraction of sp³-hybridized carbons (Fsp3) is 0.625. The van der Waals surface area contributed by atoms with Crippen LogP contribution in [0.1, 0.15) is 47.5 Å². The van der Waals surface area contributed by atoms with Gasteiger partial charge in [0.15, 0.2) is 0 Å². The Morgan fingerprint density at radius 1 is 1.14 bits per heavy atom. The van der Waals surface area contributed by atoms with Crippen molar-refractivity contribution < 1.29 is 14.0 Å². The van der Waals surface area contributed by atoms with Gasteiger partial charge in [0.25, 0.3) is 0 Å². The number of hydrogen-bond acceptors (Lipinski definition) is 4. The lowest BCUT2D eigenvalue weighted by molar-refractivity contribution is 0.00578. The van der Waals surface area contributed by atoms with Gasteiger partial charge in [-0.25, -0.2) is 0 Å². The van der Waals surface area contributed by atoms with Gasteiger partial charge in [-0.15, -0.1) is 0 Å². The number of hydrogen-bond donors (Lipinski definition) is 1. The van der Waals surface area contributed by atoms with Crippen LogP contribution in [-0.4, -0.2) is 24.9 Å². The largest absolute Gasteiger partial charge is 0.496 e. The second-order valence-electron chi connectivity index (χ2n) is 6.58. The Balaban J connectivity index is 2.12. The maximum atomic E-state index is 6.14. The number of ether oxygens (including phenoxy) is 1. The molecule has 0 atom stereocenters. The first kappa shape index (κ1) is 16.2. The highest BCUT2D eigenvalue weighted by molar-refractivity contribution is 6.63. The Labute approximate surface area is 128 Å². The molecule has 0 radical (unpaired) electrons. The van der Waals surface area contributed by atoms with Crippen molar-refractivity contribution in [2.24, 2.45) is 0 Å². The lowest BCUT2D eigenvalue weighted by Crippen LogP contribution is -2.41. The zero-order chi connectivity index (χ0) is 15.7. The van der Waals surface area contributed by atoms with Gasteiger partial charge in [0.2, 0.25) is 0 Å². The first-order valence-electron chi connectivity index (χ1n) is 7.64. The van der Waals surface area contributed by atoms with E-state index in [4.69, 9.17) is 19.8 Å². The second-order valence-corrected chi connectivity index (χ2v) is 6.58. The second kappa shape index (κ2) is 5.89. The smallest absolute Gasteiger partial charge is 0.494 e. The van der Waals surface area contributed by atoms with Crippen LogP contribution in [0.25, 0.3) is 0 Å². The van der Waals surface area contributed by atoms with Crippen molar-refractivity contribution in [3.8, 4) is 5.75 Å². The topological polar surface area (TPSA) is 53.7 Å². The normalized spacial score (nSPS) is 19.8. The van der Waals surface area contributed by atoms with Gasteiger partial charge in [-0.1, -0.05) is 19.4 Å². The van der Waals surface area contributed by atoms with Gasteiger partial charge in [-0.2, -0.15) is 0 Å². The molecule has 0 aromatic heterocycles. The van der Waals surface area contributed by atoms with Crippen molar-refractivity contribution >= 4 is 18.3 Å². The van der Waals surface area contributed by atoms with Gasteiger partial charge in [-0.3, -0.25) is 0 Å². The molecule has 1 saturated heterocycles. The van der Waals surface area contributed by atoms with Crippen LogP contribution in [0, 0.1) is 0 Å². The molecular formula is C16H26BNO3. The molecule has 0 saturated carbocycles. The number of benzene rings is 1. The van der Waals surface area contributed by atoms with E-state index in [9.17, 15) is 0 Å². The Morgan fingerprint density at radius 2 is 1.76 bits per heavy atom. The predicted molar refractivity (Wildman–Crippen MR) is 87.0 cm³/mol. The van der Waals surface area contributed by atoms with Gasteiger partial charge >= 0.3 is 7.12 Å². The third-order valence-electron chi connectivity index (χ3n) is 4.33. The first-order valence-corrected chi connectivity index (χ1v) is 7.64. The molecule has 0 aliphatic carbocycles. The summed E-state index contributed by atoms with van der Waals surface area (Å²) in [5, 5.41) is 0. The monoisotopic (exact) mass is 291 g/mol.